The average Bonchev–Trinajstić information content (AvgIpc) is 2.40. The van der Waals surface area contributed by atoms with Gasteiger partial charge in [0.05, 0.1) is 12.3 Å². The summed E-state index contributed by atoms with van der Waals surface area (Å²) in [6.07, 6.45) is -0.103. The zero-order valence-corrected chi connectivity index (χ0v) is 11.5. The number of hydrogen-bond acceptors (Lipinski definition) is 3. The summed E-state index contributed by atoms with van der Waals surface area (Å²) in [6, 6.07) is 5.65. The van der Waals surface area contributed by atoms with Crippen LogP contribution in [0.3, 0.4) is 0 Å². The van der Waals surface area contributed by atoms with Crippen LogP contribution in [0.15, 0.2) is 18.2 Å². The Hall–Kier alpha value is -1.83. The molecule has 1 aromatic carbocycles. The van der Waals surface area contributed by atoms with Crippen LogP contribution in [0.1, 0.15) is 24.5 Å². The summed E-state index contributed by atoms with van der Waals surface area (Å²) in [5, 5.41) is 11.5. The maximum atomic E-state index is 11.8. The van der Waals surface area contributed by atoms with Crippen molar-refractivity contribution in [3.63, 3.8) is 0 Å². The first-order valence-electron chi connectivity index (χ1n) is 6.12. The standard InChI is InChI=1S/C15H19NO3/c1-11-7-8-13(6-4-5-9-17)14(10-11)16-15(18)12(2)19-3/h7-8,10,12,17H,5,9H2,1-3H3,(H,16,18). The Morgan fingerprint density at radius 3 is 2.89 bits per heavy atom. The topological polar surface area (TPSA) is 58.6 Å². The van der Waals surface area contributed by atoms with Crippen LogP contribution < -0.4 is 5.32 Å². The van der Waals surface area contributed by atoms with Crippen LogP contribution in [0, 0.1) is 18.8 Å². The zero-order valence-electron chi connectivity index (χ0n) is 11.5. The number of aryl methyl sites for hydroxylation is 1. The summed E-state index contributed by atoms with van der Waals surface area (Å²) in [6.45, 7) is 3.66. The van der Waals surface area contributed by atoms with Gasteiger partial charge in [-0.1, -0.05) is 17.9 Å². The third-order valence-electron chi connectivity index (χ3n) is 2.62. The van der Waals surface area contributed by atoms with E-state index in [0.717, 1.165) is 11.1 Å². The highest BCUT2D eigenvalue weighted by Crippen LogP contribution is 2.17. The van der Waals surface area contributed by atoms with Crippen molar-refractivity contribution < 1.29 is 14.6 Å². The van der Waals surface area contributed by atoms with Crippen LogP contribution in [0.5, 0.6) is 0 Å². The molecule has 19 heavy (non-hydrogen) atoms. The van der Waals surface area contributed by atoms with Crippen LogP contribution in [0.4, 0.5) is 5.69 Å². The number of ether oxygens (including phenoxy) is 1. The largest absolute Gasteiger partial charge is 0.395 e. The SMILES string of the molecule is COC(C)C(=O)Nc1cc(C)ccc1C#CCCO. The monoisotopic (exact) mass is 261 g/mol. The summed E-state index contributed by atoms with van der Waals surface area (Å²) >= 11 is 0. The molecule has 0 saturated carbocycles. The fourth-order valence-electron chi connectivity index (χ4n) is 1.43. The molecule has 1 atom stereocenters. The Morgan fingerprint density at radius 2 is 2.26 bits per heavy atom. The summed E-state index contributed by atoms with van der Waals surface area (Å²) in [7, 11) is 1.49. The van der Waals surface area contributed by atoms with Gasteiger partial charge in [-0.25, -0.2) is 0 Å². The molecule has 0 saturated heterocycles. The number of rotatable bonds is 4. The molecule has 0 aliphatic carbocycles. The van der Waals surface area contributed by atoms with Gasteiger partial charge in [0.1, 0.15) is 6.10 Å². The fraction of sp³-hybridized carbons (Fsp3) is 0.400. The number of carbonyl (C=O) groups excluding carboxylic acids is 1. The van der Waals surface area contributed by atoms with Crippen molar-refractivity contribution in [2.45, 2.75) is 26.4 Å². The number of aliphatic hydroxyl groups excluding tert-OH is 1. The summed E-state index contributed by atoms with van der Waals surface area (Å²) < 4.78 is 4.97. The van der Waals surface area contributed by atoms with Gasteiger partial charge >= 0.3 is 0 Å². The molecular formula is C15H19NO3. The van der Waals surface area contributed by atoms with Gasteiger partial charge in [-0.15, -0.1) is 0 Å². The van der Waals surface area contributed by atoms with E-state index < -0.39 is 6.10 Å². The van der Waals surface area contributed by atoms with Gasteiger partial charge in [-0.05, 0) is 31.5 Å². The third kappa shape index (κ3) is 4.74. The Morgan fingerprint density at radius 1 is 1.53 bits per heavy atom. The number of methoxy groups -OCH3 is 1. The van der Waals surface area contributed by atoms with E-state index in [-0.39, 0.29) is 12.5 Å². The summed E-state index contributed by atoms with van der Waals surface area (Å²) in [4.78, 5) is 11.8. The first-order valence-corrected chi connectivity index (χ1v) is 6.12. The van der Waals surface area contributed by atoms with Crippen LogP contribution in [-0.2, 0) is 9.53 Å². The lowest BCUT2D eigenvalue weighted by molar-refractivity contribution is -0.124. The minimum absolute atomic E-state index is 0.0290. The van der Waals surface area contributed by atoms with Gasteiger partial charge in [0.15, 0.2) is 0 Å². The number of carbonyl (C=O) groups is 1. The molecule has 1 rings (SSSR count). The van der Waals surface area contributed by atoms with E-state index in [1.807, 2.05) is 25.1 Å². The summed E-state index contributed by atoms with van der Waals surface area (Å²) in [5.41, 5.74) is 2.43. The maximum Gasteiger partial charge on any atom is 0.253 e. The molecule has 0 fully saturated rings. The van der Waals surface area contributed by atoms with Crippen molar-refractivity contribution in [3.05, 3.63) is 29.3 Å². The Balaban J connectivity index is 2.95. The lowest BCUT2D eigenvalue weighted by Crippen LogP contribution is -2.26. The number of benzene rings is 1. The second-order valence-corrected chi connectivity index (χ2v) is 4.19. The second-order valence-electron chi connectivity index (χ2n) is 4.19. The molecule has 0 heterocycles. The van der Waals surface area contributed by atoms with Crippen molar-refractivity contribution in [3.8, 4) is 11.8 Å². The molecule has 4 heteroatoms. The average molecular weight is 261 g/mol. The molecule has 0 aromatic heterocycles. The van der Waals surface area contributed by atoms with Gasteiger partial charge in [0.2, 0.25) is 0 Å². The van der Waals surface area contributed by atoms with E-state index in [1.165, 1.54) is 7.11 Å². The van der Waals surface area contributed by atoms with E-state index in [2.05, 4.69) is 17.2 Å². The quantitative estimate of drug-likeness (QED) is 0.811. The highest BCUT2D eigenvalue weighted by atomic mass is 16.5. The van der Waals surface area contributed by atoms with Crippen molar-refractivity contribution in [1.29, 1.82) is 0 Å². The fourth-order valence-corrected chi connectivity index (χ4v) is 1.43. The molecule has 0 bridgehead atoms. The normalized spacial score (nSPS) is 11.4. The van der Waals surface area contributed by atoms with Crippen molar-refractivity contribution in [2.75, 3.05) is 19.0 Å². The van der Waals surface area contributed by atoms with Gasteiger partial charge in [0, 0.05) is 19.1 Å². The molecule has 1 unspecified atom stereocenters. The first kappa shape index (κ1) is 15.2. The van der Waals surface area contributed by atoms with Crippen LogP contribution >= 0.6 is 0 Å². The molecule has 0 radical (unpaired) electrons. The van der Waals surface area contributed by atoms with E-state index in [4.69, 9.17) is 9.84 Å². The van der Waals surface area contributed by atoms with Gasteiger partial charge in [-0.3, -0.25) is 4.79 Å². The summed E-state index contributed by atoms with van der Waals surface area (Å²) in [5.74, 6) is 5.57. The molecule has 1 amide bonds. The molecule has 4 nitrogen and oxygen atoms in total. The number of amides is 1. The number of hydrogen-bond donors (Lipinski definition) is 2. The van der Waals surface area contributed by atoms with E-state index in [1.54, 1.807) is 6.92 Å². The Bertz CT molecular complexity index is 500. The van der Waals surface area contributed by atoms with Gasteiger partial charge in [0.25, 0.3) is 5.91 Å². The molecule has 102 valence electrons. The molecule has 0 aliphatic rings. The first-order chi connectivity index (χ1) is 9.08. The van der Waals surface area contributed by atoms with Gasteiger partial charge in [-0.2, -0.15) is 0 Å². The molecule has 2 N–H and O–H groups in total. The minimum Gasteiger partial charge on any atom is -0.395 e. The Kier molecular flexibility index (Phi) is 6.07. The van der Waals surface area contributed by atoms with Crippen LogP contribution in [0.2, 0.25) is 0 Å². The molecular weight excluding hydrogens is 242 g/mol. The van der Waals surface area contributed by atoms with Gasteiger partial charge < -0.3 is 15.2 Å². The van der Waals surface area contributed by atoms with Crippen molar-refractivity contribution >= 4 is 11.6 Å². The van der Waals surface area contributed by atoms with Crippen molar-refractivity contribution in [2.24, 2.45) is 0 Å². The number of anilines is 1. The van der Waals surface area contributed by atoms with Crippen LogP contribution in [-0.4, -0.2) is 30.8 Å². The number of aliphatic hydroxyl groups is 1. The Labute approximate surface area is 113 Å². The lowest BCUT2D eigenvalue weighted by Gasteiger charge is -2.12. The molecule has 1 aromatic rings. The predicted molar refractivity (Wildman–Crippen MR) is 74.9 cm³/mol. The zero-order chi connectivity index (χ0) is 14.3. The molecule has 0 spiro atoms. The highest BCUT2D eigenvalue weighted by Gasteiger charge is 2.13. The molecule has 0 aliphatic heterocycles. The van der Waals surface area contributed by atoms with E-state index in [0.29, 0.717) is 12.1 Å². The van der Waals surface area contributed by atoms with Crippen molar-refractivity contribution in [1.82, 2.24) is 0 Å². The third-order valence-corrected chi connectivity index (χ3v) is 2.62. The number of nitrogens with one attached hydrogen (secondary N) is 1. The van der Waals surface area contributed by atoms with E-state index >= 15 is 0 Å². The second kappa shape index (κ2) is 7.57. The van der Waals surface area contributed by atoms with E-state index in [9.17, 15) is 4.79 Å². The highest BCUT2D eigenvalue weighted by molar-refractivity contribution is 5.95. The lowest BCUT2D eigenvalue weighted by atomic mass is 10.1. The predicted octanol–water partition coefficient (Wildman–Crippen LogP) is 1.70. The maximum absolute atomic E-state index is 11.8. The smallest absolute Gasteiger partial charge is 0.253 e. The van der Waals surface area contributed by atoms with Crippen LogP contribution in [0.25, 0.3) is 0 Å². The minimum atomic E-state index is -0.515.